The lowest BCUT2D eigenvalue weighted by atomic mass is 10.2. The van der Waals surface area contributed by atoms with Crippen molar-refractivity contribution in [2.24, 2.45) is 0 Å². The Kier molecular flexibility index (Phi) is 4.77. The average molecular weight is 328 g/mol. The van der Waals surface area contributed by atoms with Crippen molar-refractivity contribution in [3.8, 4) is 0 Å². The summed E-state index contributed by atoms with van der Waals surface area (Å²) in [7, 11) is -4.14. The molecule has 1 aliphatic rings. The molecule has 0 radical (unpaired) electrons. The van der Waals surface area contributed by atoms with Crippen molar-refractivity contribution in [3.63, 3.8) is 0 Å². The predicted octanol–water partition coefficient (Wildman–Crippen LogP) is 1.31. The summed E-state index contributed by atoms with van der Waals surface area (Å²) < 4.78 is 31.3. The number of esters is 1. The Morgan fingerprint density at radius 1 is 1.45 bits per heavy atom. The molecule has 0 spiro atoms. The summed E-state index contributed by atoms with van der Waals surface area (Å²) in [5, 5.41) is 11.0. The van der Waals surface area contributed by atoms with Crippen molar-refractivity contribution in [2.75, 3.05) is 13.2 Å². The van der Waals surface area contributed by atoms with Crippen molar-refractivity contribution in [2.45, 2.75) is 30.7 Å². The van der Waals surface area contributed by atoms with Crippen LogP contribution in [-0.2, 0) is 19.6 Å². The second kappa shape index (κ2) is 6.41. The minimum absolute atomic E-state index is 0.137. The van der Waals surface area contributed by atoms with Gasteiger partial charge in [0.15, 0.2) is 4.90 Å². The van der Waals surface area contributed by atoms with Crippen LogP contribution in [0.3, 0.4) is 0 Å². The van der Waals surface area contributed by atoms with E-state index in [4.69, 9.17) is 4.74 Å². The van der Waals surface area contributed by atoms with E-state index in [-0.39, 0.29) is 13.2 Å². The van der Waals surface area contributed by atoms with Crippen molar-refractivity contribution in [1.82, 2.24) is 4.31 Å². The molecule has 1 heterocycles. The molecule has 1 unspecified atom stereocenters. The molecule has 1 saturated heterocycles. The van der Waals surface area contributed by atoms with Crippen molar-refractivity contribution in [3.05, 3.63) is 34.4 Å². The number of para-hydroxylation sites is 1. The van der Waals surface area contributed by atoms with Crippen LogP contribution in [0.2, 0.25) is 0 Å². The van der Waals surface area contributed by atoms with Crippen LogP contribution in [0.1, 0.15) is 19.8 Å². The Balaban J connectivity index is 2.42. The molecule has 1 aromatic carbocycles. The van der Waals surface area contributed by atoms with Gasteiger partial charge in [0.05, 0.1) is 11.5 Å². The number of carbonyl (C=O) groups excluding carboxylic acids is 1. The second-order valence-corrected chi connectivity index (χ2v) is 6.61. The van der Waals surface area contributed by atoms with E-state index in [2.05, 4.69) is 0 Å². The summed E-state index contributed by atoms with van der Waals surface area (Å²) in [6.07, 6.45) is 0.849. The standard InChI is InChI=1S/C13H16N2O6S/c1-2-21-13(16)11-7-5-9-14(11)22(19,20)12-8-4-3-6-10(12)15(17)18/h3-4,6,8,11H,2,5,7,9H2,1H3. The molecule has 0 N–H and O–H groups in total. The van der Waals surface area contributed by atoms with E-state index in [9.17, 15) is 23.3 Å². The van der Waals surface area contributed by atoms with Gasteiger partial charge in [0.2, 0.25) is 0 Å². The van der Waals surface area contributed by atoms with Crippen LogP contribution in [0.15, 0.2) is 29.2 Å². The zero-order valence-corrected chi connectivity index (χ0v) is 12.8. The molecular formula is C13H16N2O6S. The number of nitrogens with zero attached hydrogens (tertiary/aromatic N) is 2. The van der Waals surface area contributed by atoms with Crippen LogP contribution in [0.4, 0.5) is 5.69 Å². The van der Waals surface area contributed by atoms with Gasteiger partial charge in [-0.25, -0.2) is 8.42 Å². The zero-order valence-electron chi connectivity index (χ0n) is 12.0. The van der Waals surface area contributed by atoms with Gasteiger partial charge in [-0.05, 0) is 25.8 Å². The number of nitro benzene ring substituents is 1. The Hall–Kier alpha value is -2.00. The van der Waals surface area contributed by atoms with Crippen LogP contribution in [-0.4, -0.2) is 42.8 Å². The molecule has 2 rings (SSSR count). The fourth-order valence-corrected chi connectivity index (χ4v) is 4.26. The normalized spacial score (nSPS) is 19.0. The summed E-state index contributed by atoms with van der Waals surface area (Å²) in [5.74, 6) is -0.623. The molecule has 0 bridgehead atoms. The number of benzene rings is 1. The van der Waals surface area contributed by atoms with E-state index in [1.807, 2.05) is 0 Å². The summed E-state index contributed by atoms with van der Waals surface area (Å²) in [6, 6.07) is 4.18. The Labute approximate surface area is 127 Å². The lowest BCUT2D eigenvalue weighted by Gasteiger charge is -2.22. The number of hydrogen-bond donors (Lipinski definition) is 0. The smallest absolute Gasteiger partial charge is 0.324 e. The highest BCUT2D eigenvalue weighted by molar-refractivity contribution is 7.89. The molecule has 1 fully saturated rings. The third-order valence-electron chi connectivity index (χ3n) is 3.41. The molecule has 1 aliphatic heterocycles. The highest BCUT2D eigenvalue weighted by Gasteiger charge is 2.42. The first kappa shape index (κ1) is 16.4. The third kappa shape index (κ3) is 2.95. The molecule has 0 aliphatic carbocycles. The lowest BCUT2D eigenvalue weighted by Crippen LogP contribution is -2.41. The Bertz CT molecular complexity index is 688. The van der Waals surface area contributed by atoms with Crippen molar-refractivity contribution >= 4 is 21.7 Å². The van der Waals surface area contributed by atoms with Crippen molar-refractivity contribution in [1.29, 1.82) is 0 Å². The lowest BCUT2D eigenvalue weighted by molar-refractivity contribution is -0.387. The Morgan fingerprint density at radius 3 is 2.77 bits per heavy atom. The fourth-order valence-electron chi connectivity index (χ4n) is 2.45. The monoisotopic (exact) mass is 328 g/mol. The minimum Gasteiger partial charge on any atom is -0.465 e. The zero-order chi connectivity index (χ0) is 16.3. The molecule has 0 aromatic heterocycles. The number of nitro groups is 1. The summed E-state index contributed by atoms with van der Waals surface area (Å²) in [5.41, 5.74) is -0.503. The molecular weight excluding hydrogens is 312 g/mol. The first-order valence-electron chi connectivity index (χ1n) is 6.81. The molecule has 120 valence electrons. The first-order chi connectivity index (χ1) is 10.4. The number of carbonyl (C=O) groups is 1. The first-order valence-corrected chi connectivity index (χ1v) is 8.25. The van der Waals surface area contributed by atoms with Gasteiger partial charge in [-0.3, -0.25) is 14.9 Å². The van der Waals surface area contributed by atoms with Gasteiger partial charge in [0.25, 0.3) is 15.7 Å². The maximum Gasteiger partial charge on any atom is 0.324 e. The number of ether oxygens (including phenoxy) is 1. The second-order valence-electron chi connectivity index (χ2n) is 4.75. The maximum atomic E-state index is 12.7. The summed E-state index contributed by atoms with van der Waals surface area (Å²) in [4.78, 5) is 21.8. The largest absolute Gasteiger partial charge is 0.465 e. The molecule has 0 saturated carbocycles. The van der Waals surface area contributed by atoms with Crippen LogP contribution in [0.25, 0.3) is 0 Å². The minimum atomic E-state index is -4.14. The number of hydrogen-bond acceptors (Lipinski definition) is 6. The van der Waals surface area contributed by atoms with E-state index in [1.54, 1.807) is 6.92 Å². The predicted molar refractivity (Wildman–Crippen MR) is 76.6 cm³/mol. The van der Waals surface area contributed by atoms with Gasteiger partial charge in [-0.15, -0.1) is 0 Å². The van der Waals surface area contributed by atoms with E-state index in [0.29, 0.717) is 12.8 Å². The van der Waals surface area contributed by atoms with E-state index < -0.39 is 37.5 Å². The van der Waals surface area contributed by atoms with Gasteiger partial charge in [-0.2, -0.15) is 4.31 Å². The van der Waals surface area contributed by atoms with E-state index >= 15 is 0 Å². The fraction of sp³-hybridized carbons (Fsp3) is 0.462. The average Bonchev–Trinajstić information content (AvgIpc) is 2.97. The van der Waals surface area contributed by atoms with Crippen LogP contribution in [0, 0.1) is 10.1 Å². The van der Waals surface area contributed by atoms with Gasteiger partial charge < -0.3 is 4.74 Å². The van der Waals surface area contributed by atoms with Crippen LogP contribution < -0.4 is 0 Å². The quantitative estimate of drug-likeness (QED) is 0.458. The number of sulfonamides is 1. The van der Waals surface area contributed by atoms with E-state index in [0.717, 1.165) is 10.4 Å². The molecule has 1 aromatic rings. The highest BCUT2D eigenvalue weighted by Crippen LogP contribution is 2.31. The van der Waals surface area contributed by atoms with Crippen molar-refractivity contribution < 1.29 is 22.9 Å². The summed E-state index contributed by atoms with van der Waals surface area (Å²) >= 11 is 0. The molecule has 1 atom stereocenters. The SMILES string of the molecule is CCOC(=O)C1CCCN1S(=O)(=O)c1ccccc1[N+](=O)[O-]. The number of rotatable bonds is 5. The van der Waals surface area contributed by atoms with Gasteiger partial charge in [0.1, 0.15) is 6.04 Å². The van der Waals surface area contributed by atoms with Crippen LogP contribution >= 0.6 is 0 Å². The highest BCUT2D eigenvalue weighted by atomic mass is 32.2. The van der Waals surface area contributed by atoms with Gasteiger partial charge >= 0.3 is 5.97 Å². The maximum absolute atomic E-state index is 12.7. The topological polar surface area (TPSA) is 107 Å². The van der Waals surface area contributed by atoms with Crippen LogP contribution in [0.5, 0.6) is 0 Å². The molecule has 0 amide bonds. The Morgan fingerprint density at radius 2 is 2.14 bits per heavy atom. The molecule has 9 heteroatoms. The molecule has 8 nitrogen and oxygen atoms in total. The summed E-state index contributed by atoms with van der Waals surface area (Å²) in [6.45, 7) is 1.92. The van der Waals surface area contributed by atoms with Gasteiger partial charge in [0, 0.05) is 12.6 Å². The van der Waals surface area contributed by atoms with Gasteiger partial charge in [-0.1, -0.05) is 12.1 Å². The molecule has 22 heavy (non-hydrogen) atoms. The van der Waals surface area contributed by atoms with E-state index in [1.165, 1.54) is 18.2 Å². The third-order valence-corrected chi connectivity index (χ3v) is 5.37.